The number of nitrogens with one attached hydrogen (secondary N) is 3. The van der Waals surface area contributed by atoms with E-state index in [0.717, 1.165) is 0 Å². The molecule has 2 heterocycles. The van der Waals surface area contributed by atoms with Crippen molar-refractivity contribution in [3.05, 3.63) is 18.2 Å². The van der Waals surface area contributed by atoms with Gasteiger partial charge in [0.2, 0.25) is 23.6 Å². The van der Waals surface area contributed by atoms with Crippen molar-refractivity contribution in [2.75, 3.05) is 13.1 Å². The summed E-state index contributed by atoms with van der Waals surface area (Å²) >= 11 is 0. The van der Waals surface area contributed by atoms with Crippen molar-refractivity contribution >= 4 is 29.6 Å². The van der Waals surface area contributed by atoms with Gasteiger partial charge < -0.3 is 42.8 Å². The van der Waals surface area contributed by atoms with Crippen LogP contribution in [0.4, 0.5) is 0 Å². The summed E-state index contributed by atoms with van der Waals surface area (Å²) in [6.07, 6.45) is 4.68. The molecule has 14 heteroatoms. The maximum atomic E-state index is 13.2. The van der Waals surface area contributed by atoms with Crippen LogP contribution in [0.1, 0.15) is 44.2 Å². The van der Waals surface area contributed by atoms with Crippen molar-refractivity contribution in [2.24, 2.45) is 17.2 Å². The Hall–Kier alpha value is -3.52. The minimum atomic E-state index is -1.37. The number of rotatable bonds is 14. The Bertz CT molecular complexity index is 892. The van der Waals surface area contributed by atoms with Crippen LogP contribution in [-0.2, 0) is 30.4 Å². The molecule has 0 bridgehead atoms. The first-order valence-corrected chi connectivity index (χ1v) is 11.5. The number of hydrogen-bond donors (Lipinski definition) is 7. The van der Waals surface area contributed by atoms with Crippen LogP contribution in [0.25, 0.3) is 0 Å². The Morgan fingerprint density at radius 3 is 2.49 bits per heavy atom. The molecular weight excluding hydrogens is 460 g/mol. The molecular formula is C21H34N8O6. The average molecular weight is 495 g/mol. The normalized spacial score (nSPS) is 17.9. The van der Waals surface area contributed by atoms with Gasteiger partial charge in [0.25, 0.3) is 0 Å². The van der Waals surface area contributed by atoms with Crippen LogP contribution < -0.4 is 27.8 Å². The van der Waals surface area contributed by atoms with Gasteiger partial charge in [0.05, 0.1) is 18.8 Å². The minimum absolute atomic E-state index is 0.114. The Morgan fingerprint density at radius 2 is 1.89 bits per heavy atom. The van der Waals surface area contributed by atoms with Gasteiger partial charge in [-0.3, -0.25) is 19.2 Å². The van der Waals surface area contributed by atoms with Crippen LogP contribution in [0.5, 0.6) is 0 Å². The van der Waals surface area contributed by atoms with Gasteiger partial charge >= 0.3 is 5.97 Å². The highest BCUT2D eigenvalue weighted by atomic mass is 16.4. The molecule has 2 rings (SSSR count). The number of carbonyl (C=O) groups excluding carboxylic acids is 4. The molecule has 1 fully saturated rings. The van der Waals surface area contributed by atoms with E-state index in [-0.39, 0.29) is 19.4 Å². The van der Waals surface area contributed by atoms with Crippen molar-refractivity contribution in [3.63, 3.8) is 0 Å². The van der Waals surface area contributed by atoms with E-state index in [1.54, 1.807) is 0 Å². The van der Waals surface area contributed by atoms with E-state index in [2.05, 4.69) is 20.6 Å². The lowest BCUT2D eigenvalue weighted by Gasteiger charge is -2.29. The molecule has 0 saturated carbocycles. The average Bonchev–Trinajstić information content (AvgIpc) is 3.49. The first-order valence-electron chi connectivity index (χ1n) is 11.5. The Kier molecular flexibility index (Phi) is 10.6. The highest BCUT2D eigenvalue weighted by Crippen LogP contribution is 2.20. The topological polar surface area (TPSA) is 240 Å². The van der Waals surface area contributed by atoms with Crippen molar-refractivity contribution < 1.29 is 29.1 Å². The maximum Gasteiger partial charge on any atom is 0.326 e. The molecule has 1 aliphatic rings. The molecule has 0 spiro atoms. The zero-order chi connectivity index (χ0) is 26.0. The van der Waals surface area contributed by atoms with Crippen LogP contribution >= 0.6 is 0 Å². The molecule has 4 unspecified atom stereocenters. The zero-order valence-corrected chi connectivity index (χ0v) is 19.4. The molecule has 1 aromatic rings. The quantitative estimate of drug-likeness (QED) is 0.133. The third-order valence-electron chi connectivity index (χ3n) is 5.75. The van der Waals surface area contributed by atoms with Crippen LogP contribution in [0.15, 0.2) is 12.5 Å². The standard InChI is InChI=1S/C21H34N8O6/c22-6-2-1-4-14(20(33)29-7-3-5-16(29)21(34)35)27-19(32)15(9-17(24)30)28-18(31)13(23)8-12-10-25-11-26-12/h10-11,13-16H,1-9,22-23H2,(H2,24,30)(H,25,26)(H,27,32)(H,28,31)(H,34,35). The maximum absolute atomic E-state index is 13.2. The summed E-state index contributed by atoms with van der Waals surface area (Å²) in [6, 6.07) is -4.44. The SMILES string of the molecule is NCCCCC(NC(=O)C(CC(N)=O)NC(=O)C(N)Cc1cnc[nH]1)C(=O)N1CCCC1C(=O)O. The number of aromatic amines is 1. The Morgan fingerprint density at radius 1 is 1.17 bits per heavy atom. The van der Waals surface area contributed by atoms with E-state index >= 15 is 0 Å². The number of aromatic nitrogens is 2. The van der Waals surface area contributed by atoms with Gasteiger partial charge in [-0.1, -0.05) is 0 Å². The predicted octanol–water partition coefficient (Wildman–Crippen LogP) is -2.67. The fourth-order valence-electron chi connectivity index (χ4n) is 3.93. The molecule has 4 amide bonds. The number of nitrogens with two attached hydrogens (primary N) is 3. The number of aliphatic carboxylic acids is 1. The van der Waals surface area contributed by atoms with E-state index in [4.69, 9.17) is 17.2 Å². The molecule has 4 atom stereocenters. The van der Waals surface area contributed by atoms with Crippen LogP contribution in [-0.4, -0.2) is 86.8 Å². The summed E-state index contributed by atoms with van der Waals surface area (Å²) in [5.41, 5.74) is 17.3. The second kappa shape index (κ2) is 13.4. The van der Waals surface area contributed by atoms with Gasteiger partial charge in [-0.05, 0) is 38.6 Å². The third kappa shape index (κ3) is 8.33. The van der Waals surface area contributed by atoms with Crippen molar-refractivity contribution in [1.29, 1.82) is 0 Å². The lowest BCUT2D eigenvalue weighted by molar-refractivity contribution is -0.149. The van der Waals surface area contributed by atoms with Gasteiger partial charge in [0.1, 0.15) is 18.1 Å². The van der Waals surface area contributed by atoms with Crippen molar-refractivity contribution in [1.82, 2.24) is 25.5 Å². The van der Waals surface area contributed by atoms with Gasteiger partial charge in [-0.2, -0.15) is 0 Å². The van der Waals surface area contributed by atoms with E-state index < -0.39 is 60.2 Å². The highest BCUT2D eigenvalue weighted by Gasteiger charge is 2.38. The van der Waals surface area contributed by atoms with Gasteiger partial charge in [0.15, 0.2) is 0 Å². The molecule has 1 saturated heterocycles. The number of H-pyrrole nitrogens is 1. The first kappa shape index (κ1) is 27.7. The summed E-state index contributed by atoms with van der Waals surface area (Å²) < 4.78 is 0. The number of nitrogens with zero attached hydrogens (tertiary/aromatic N) is 2. The van der Waals surface area contributed by atoms with Crippen LogP contribution in [0.3, 0.4) is 0 Å². The van der Waals surface area contributed by atoms with Gasteiger partial charge in [-0.15, -0.1) is 0 Å². The summed E-state index contributed by atoms with van der Waals surface area (Å²) in [5.74, 6) is -4.00. The summed E-state index contributed by atoms with van der Waals surface area (Å²) in [7, 11) is 0. The minimum Gasteiger partial charge on any atom is -0.480 e. The molecule has 10 N–H and O–H groups in total. The number of hydrogen-bond acceptors (Lipinski definition) is 8. The second-order valence-electron chi connectivity index (χ2n) is 8.49. The van der Waals surface area contributed by atoms with E-state index in [1.165, 1.54) is 17.4 Å². The monoisotopic (exact) mass is 494 g/mol. The lowest BCUT2D eigenvalue weighted by Crippen LogP contribution is -2.58. The van der Waals surface area contributed by atoms with Crippen molar-refractivity contribution in [3.8, 4) is 0 Å². The number of unbranched alkanes of at least 4 members (excludes halogenated alkanes) is 1. The van der Waals surface area contributed by atoms with E-state index in [9.17, 15) is 29.1 Å². The Balaban J connectivity index is 2.12. The number of likely N-dealkylation sites (tertiary alicyclic amines) is 1. The zero-order valence-electron chi connectivity index (χ0n) is 19.4. The van der Waals surface area contributed by atoms with E-state index in [0.29, 0.717) is 37.9 Å². The fourth-order valence-corrected chi connectivity index (χ4v) is 3.93. The molecule has 194 valence electrons. The first-order chi connectivity index (χ1) is 16.6. The number of carbonyl (C=O) groups is 5. The number of carboxylic acids is 1. The van der Waals surface area contributed by atoms with Crippen LogP contribution in [0.2, 0.25) is 0 Å². The molecule has 14 nitrogen and oxygen atoms in total. The van der Waals surface area contributed by atoms with Crippen molar-refractivity contribution in [2.45, 2.75) is 69.1 Å². The second-order valence-corrected chi connectivity index (χ2v) is 8.49. The number of primary amides is 1. The smallest absolute Gasteiger partial charge is 0.326 e. The lowest BCUT2D eigenvalue weighted by atomic mass is 10.1. The highest BCUT2D eigenvalue weighted by molar-refractivity contribution is 5.96. The number of imidazole rings is 1. The largest absolute Gasteiger partial charge is 0.480 e. The Labute approximate surface area is 202 Å². The van der Waals surface area contributed by atoms with Gasteiger partial charge in [-0.25, -0.2) is 9.78 Å². The number of carboxylic acid groups (broad SMARTS) is 1. The molecule has 1 aliphatic heterocycles. The molecule has 0 radical (unpaired) electrons. The molecule has 0 aliphatic carbocycles. The predicted molar refractivity (Wildman–Crippen MR) is 123 cm³/mol. The van der Waals surface area contributed by atoms with Crippen LogP contribution in [0, 0.1) is 0 Å². The molecule has 0 aromatic carbocycles. The summed E-state index contributed by atoms with van der Waals surface area (Å²) in [4.78, 5) is 69.7. The summed E-state index contributed by atoms with van der Waals surface area (Å²) in [5, 5.41) is 14.4. The molecule has 1 aromatic heterocycles. The number of amides is 4. The third-order valence-corrected chi connectivity index (χ3v) is 5.75. The van der Waals surface area contributed by atoms with Gasteiger partial charge in [0, 0.05) is 24.9 Å². The van der Waals surface area contributed by atoms with E-state index in [1.807, 2.05) is 0 Å². The summed E-state index contributed by atoms with van der Waals surface area (Å²) in [6.45, 7) is 0.633. The molecule has 35 heavy (non-hydrogen) atoms. The fraction of sp³-hybridized carbons (Fsp3) is 0.619.